The summed E-state index contributed by atoms with van der Waals surface area (Å²) in [6.45, 7) is -1.63. The first-order valence-corrected chi connectivity index (χ1v) is 6.40. The predicted molar refractivity (Wildman–Crippen MR) is 68.6 cm³/mol. The van der Waals surface area contributed by atoms with Gasteiger partial charge >= 0.3 is 71.1 Å². The van der Waals surface area contributed by atoms with Gasteiger partial charge in [-0.15, -0.1) is 0 Å². The predicted octanol–water partition coefficient (Wildman–Crippen LogP) is -10.3. The van der Waals surface area contributed by atoms with Crippen LogP contribution < -0.4 is 69.3 Å². The molecule has 0 radical (unpaired) electrons. The molecule has 0 aromatic carbocycles. The first-order chi connectivity index (χ1) is 11.3. The number of hydrogen-bond acceptors (Lipinski definition) is 10. The summed E-state index contributed by atoms with van der Waals surface area (Å²) in [5.74, 6) is -4.77. The monoisotopic (exact) mass is 400 g/mol. The van der Waals surface area contributed by atoms with Crippen molar-refractivity contribution < 1.29 is 118 Å². The summed E-state index contributed by atoms with van der Waals surface area (Å²) in [6.07, 6.45) is 0. The number of carboxylic acids is 4. The van der Waals surface area contributed by atoms with Gasteiger partial charge in [0.1, 0.15) is 13.2 Å². The van der Waals surface area contributed by atoms with Crippen molar-refractivity contribution in [2.24, 2.45) is 0 Å². The summed E-state index contributed by atoms with van der Waals surface area (Å²) in [7, 11) is 0. The van der Waals surface area contributed by atoms with E-state index in [4.69, 9.17) is 10.2 Å². The van der Waals surface area contributed by atoms with Gasteiger partial charge in [0.2, 0.25) is 0 Å². The Morgan fingerprint density at radius 2 is 0.808 bits per heavy atom. The van der Waals surface area contributed by atoms with Crippen molar-refractivity contribution in [1.82, 2.24) is 0 Å². The largest absolute Gasteiger partial charge is 1.00 e. The SMILES string of the molecule is O=C([O-])COCCOCC(=O)O.O=C([O-])COCCOCC(=O)O.[Na+].[Na+]. The van der Waals surface area contributed by atoms with Crippen LogP contribution in [0.3, 0.4) is 0 Å². The van der Waals surface area contributed by atoms with Crippen molar-refractivity contribution in [1.29, 1.82) is 0 Å². The van der Waals surface area contributed by atoms with Crippen LogP contribution in [0, 0.1) is 0 Å². The first-order valence-electron chi connectivity index (χ1n) is 6.40. The number of ether oxygens (including phenoxy) is 4. The molecule has 0 fully saturated rings. The third-order valence-corrected chi connectivity index (χ3v) is 1.63. The molecule has 2 N–H and O–H groups in total. The topological polar surface area (TPSA) is 192 Å². The van der Waals surface area contributed by atoms with Gasteiger partial charge in [0.05, 0.1) is 51.6 Å². The Labute approximate surface area is 193 Å². The second-order valence-electron chi connectivity index (χ2n) is 3.74. The van der Waals surface area contributed by atoms with Crippen molar-refractivity contribution in [2.45, 2.75) is 0 Å². The van der Waals surface area contributed by atoms with Gasteiger partial charge in [0.25, 0.3) is 0 Å². The molecule has 0 aromatic heterocycles. The van der Waals surface area contributed by atoms with Crippen molar-refractivity contribution >= 4 is 23.9 Å². The summed E-state index contributed by atoms with van der Waals surface area (Å²) >= 11 is 0. The molecule has 0 unspecified atom stereocenters. The fourth-order valence-electron chi connectivity index (χ4n) is 0.866. The molecular weight excluding hydrogens is 382 g/mol. The van der Waals surface area contributed by atoms with E-state index < -0.39 is 50.3 Å². The molecule has 12 nitrogen and oxygen atoms in total. The molecule has 140 valence electrons. The van der Waals surface area contributed by atoms with Crippen LogP contribution in [-0.4, -0.2) is 86.9 Å². The normalized spacial score (nSPS) is 8.92. The maximum atomic E-state index is 9.87. The molecule has 0 aliphatic heterocycles. The zero-order valence-corrected chi connectivity index (χ0v) is 18.6. The minimum atomic E-state index is -1.31. The van der Waals surface area contributed by atoms with Gasteiger partial charge in [-0.3, -0.25) is 0 Å². The quantitative estimate of drug-likeness (QED) is 0.207. The Bertz CT molecular complexity index is 318. The van der Waals surface area contributed by atoms with Crippen LogP contribution in [0.1, 0.15) is 0 Å². The second kappa shape index (κ2) is 24.7. The molecule has 0 atom stereocenters. The summed E-state index contributed by atoms with van der Waals surface area (Å²) in [5, 5.41) is 35.7. The van der Waals surface area contributed by atoms with Gasteiger partial charge < -0.3 is 49.0 Å². The van der Waals surface area contributed by atoms with Crippen molar-refractivity contribution in [3.8, 4) is 0 Å². The van der Waals surface area contributed by atoms with E-state index in [0.717, 1.165) is 0 Å². The Balaban J connectivity index is -0.000000173. The van der Waals surface area contributed by atoms with E-state index in [2.05, 4.69) is 18.9 Å². The van der Waals surface area contributed by atoms with E-state index >= 15 is 0 Å². The molecule has 0 aromatic rings. The zero-order chi connectivity index (χ0) is 18.8. The molecule has 0 bridgehead atoms. The number of carbonyl (C=O) groups is 4. The van der Waals surface area contributed by atoms with Crippen LogP contribution in [0.15, 0.2) is 0 Å². The molecule has 0 rings (SSSR count). The molecule has 0 saturated carbocycles. The van der Waals surface area contributed by atoms with Crippen LogP contribution in [-0.2, 0) is 38.1 Å². The summed E-state index contributed by atoms with van der Waals surface area (Å²) in [6, 6.07) is 0. The van der Waals surface area contributed by atoms with E-state index in [-0.39, 0.29) is 85.5 Å². The van der Waals surface area contributed by atoms with E-state index in [1.807, 2.05) is 0 Å². The Morgan fingerprint density at radius 1 is 0.577 bits per heavy atom. The molecule has 26 heavy (non-hydrogen) atoms. The van der Waals surface area contributed by atoms with Crippen LogP contribution in [0.4, 0.5) is 0 Å². The Morgan fingerprint density at radius 3 is 1.00 bits per heavy atom. The number of aliphatic carboxylic acids is 4. The number of rotatable bonds is 14. The third-order valence-electron chi connectivity index (χ3n) is 1.63. The molecule has 0 heterocycles. The minimum absolute atomic E-state index is 0. The molecule has 0 aliphatic rings. The average molecular weight is 400 g/mol. The maximum Gasteiger partial charge on any atom is 1.00 e. The third kappa shape index (κ3) is 39.0. The Kier molecular flexibility index (Phi) is 31.7. The standard InChI is InChI=1S/2C6H10O6.2Na/c2*7-5(8)3-11-1-2-12-4-6(9)10;;/h2*1-4H2,(H,7,8)(H,9,10);;/q;;2*+1/p-2. The number of carboxylic acid groups (broad SMARTS) is 4. The summed E-state index contributed by atoms with van der Waals surface area (Å²) in [5.41, 5.74) is 0. The van der Waals surface area contributed by atoms with Gasteiger partial charge in [-0.1, -0.05) is 0 Å². The van der Waals surface area contributed by atoms with Crippen LogP contribution >= 0.6 is 0 Å². The van der Waals surface area contributed by atoms with Gasteiger partial charge in [-0.2, -0.15) is 0 Å². The molecular formula is C12H18Na2O12. The van der Waals surface area contributed by atoms with Crippen molar-refractivity contribution in [3.63, 3.8) is 0 Å². The number of carbonyl (C=O) groups excluding carboxylic acids is 2. The molecule has 0 spiro atoms. The molecule has 14 heteroatoms. The van der Waals surface area contributed by atoms with Gasteiger partial charge in [0.15, 0.2) is 0 Å². The fraction of sp³-hybridized carbons (Fsp3) is 0.667. The minimum Gasteiger partial charge on any atom is -0.548 e. The fourth-order valence-corrected chi connectivity index (χ4v) is 0.866. The van der Waals surface area contributed by atoms with Crippen molar-refractivity contribution in [3.05, 3.63) is 0 Å². The van der Waals surface area contributed by atoms with Gasteiger partial charge in [0, 0.05) is 0 Å². The van der Waals surface area contributed by atoms with E-state index in [1.54, 1.807) is 0 Å². The van der Waals surface area contributed by atoms with Crippen LogP contribution in [0.25, 0.3) is 0 Å². The summed E-state index contributed by atoms with van der Waals surface area (Å²) < 4.78 is 18.1. The molecule has 0 aliphatic carbocycles. The zero-order valence-electron chi connectivity index (χ0n) is 14.6. The van der Waals surface area contributed by atoms with Crippen molar-refractivity contribution in [2.75, 3.05) is 52.9 Å². The molecule has 0 saturated heterocycles. The van der Waals surface area contributed by atoms with Crippen LogP contribution in [0.2, 0.25) is 0 Å². The second-order valence-corrected chi connectivity index (χ2v) is 3.74. The maximum absolute atomic E-state index is 9.87. The van der Waals surface area contributed by atoms with E-state index in [1.165, 1.54) is 0 Å². The van der Waals surface area contributed by atoms with E-state index in [0.29, 0.717) is 0 Å². The smallest absolute Gasteiger partial charge is 0.548 e. The first kappa shape index (κ1) is 33.3. The van der Waals surface area contributed by atoms with Gasteiger partial charge in [-0.25, -0.2) is 9.59 Å². The van der Waals surface area contributed by atoms with Crippen LogP contribution in [0.5, 0.6) is 0 Å². The molecule has 0 amide bonds. The van der Waals surface area contributed by atoms with E-state index in [9.17, 15) is 29.4 Å². The number of hydrogen-bond donors (Lipinski definition) is 2. The summed E-state index contributed by atoms with van der Waals surface area (Å²) in [4.78, 5) is 39.3. The average Bonchev–Trinajstić information content (AvgIpc) is 2.46. The Hall–Kier alpha value is -0.280. The van der Waals surface area contributed by atoms with Gasteiger partial charge in [-0.05, 0) is 0 Å².